The predicted molar refractivity (Wildman–Crippen MR) is 118 cm³/mol. The van der Waals surface area contributed by atoms with Gasteiger partial charge in [0.05, 0.1) is 12.2 Å². The number of benzene rings is 2. The van der Waals surface area contributed by atoms with Gasteiger partial charge in [0, 0.05) is 37.3 Å². The first-order valence-electron chi connectivity index (χ1n) is 10.5. The summed E-state index contributed by atoms with van der Waals surface area (Å²) >= 11 is 0. The minimum absolute atomic E-state index is 0.0810. The number of rotatable bonds is 4. The third kappa shape index (κ3) is 4.18. The maximum Gasteiger partial charge on any atom is 0.271 e. The summed E-state index contributed by atoms with van der Waals surface area (Å²) in [6.07, 6.45) is 0. The molecule has 162 valence electrons. The summed E-state index contributed by atoms with van der Waals surface area (Å²) in [7, 11) is 2.03. The molecule has 0 unspecified atom stereocenters. The molecule has 0 N–H and O–H groups in total. The summed E-state index contributed by atoms with van der Waals surface area (Å²) in [6, 6.07) is 14.0. The number of likely N-dealkylation sites (N-methyl/N-ethyl adjacent to an activating group) is 1. The van der Waals surface area contributed by atoms with Gasteiger partial charge >= 0.3 is 0 Å². The highest BCUT2D eigenvalue weighted by Gasteiger charge is 2.42. The number of amides is 2. The molecule has 0 saturated carbocycles. The molecule has 1 fully saturated rings. The van der Waals surface area contributed by atoms with E-state index in [0.717, 1.165) is 13.1 Å². The number of fused-ring (bicyclic) bond motifs is 1. The molecule has 1 saturated heterocycles. The Balaban J connectivity index is 1.65. The molecule has 0 atom stereocenters. The predicted octanol–water partition coefficient (Wildman–Crippen LogP) is 2.46. The van der Waals surface area contributed by atoms with Crippen LogP contribution in [0.4, 0.5) is 5.69 Å². The van der Waals surface area contributed by atoms with Gasteiger partial charge in [0.1, 0.15) is 5.75 Å². The molecule has 2 aliphatic heterocycles. The first-order valence-corrected chi connectivity index (χ1v) is 10.5. The Morgan fingerprint density at radius 2 is 1.65 bits per heavy atom. The second-order valence-electron chi connectivity index (χ2n) is 8.57. The molecule has 0 aliphatic carbocycles. The molecule has 7 nitrogen and oxygen atoms in total. The minimum atomic E-state index is -1.10. The number of Topliss-reactive ketones (excluding diaryl/α,β-unsaturated/α-hetero) is 1. The number of piperazine rings is 1. The monoisotopic (exact) mass is 421 g/mol. The van der Waals surface area contributed by atoms with Crippen LogP contribution in [-0.2, 0) is 4.79 Å². The maximum atomic E-state index is 13.1. The normalized spacial score (nSPS) is 18.4. The van der Waals surface area contributed by atoms with Crippen LogP contribution < -0.4 is 9.64 Å². The van der Waals surface area contributed by atoms with Crippen LogP contribution in [-0.4, -0.2) is 72.8 Å². The lowest BCUT2D eigenvalue weighted by atomic mass is 10.0. The third-order valence-corrected chi connectivity index (χ3v) is 5.81. The number of ether oxygens (including phenoxy) is 1. The van der Waals surface area contributed by atoms with Gasteiger partial charge in [0.25, 0.3) is 11.8 Å². The van der Waals surface area contributed by atoms with Crippen molar-refractivity contribution in [2.45, 2.75) is 19.4 Å². The average molecular weight is 421 g/mol. The smallest absolute Gasteiger partial charge is 0.271 e. The summed E-state index contributed by atoms with van der Waals surface area (Å²) in [5.41, 5.74) is 0.364. The summed E-state index contributed by atoms with van der Waals surface area (Å²) in [5, 5.41) is 0. The lowest BCUT2D eigenvalue weighted by Crippen LogP contribution is -2.54. The molecule has 2 aromatic rings. The fourth-order valence-corrected chi connectivity index (χ4v) is 3.91. The molecule has 2 heterocycles. The largest absolute Gasteiger partial charge is 0.476 e. The van der Waals surface area contributed by atoms with Crippen molar-refractivity contribution in [3.8, 4) is 5.75 Å². The van der Waals surface area contributed by atoms with E-state index in [4.69, 9.17) is 4.74 Å². The lowest BCUT2D eigenvalue weighted by Gasteiger charge is -2.39. The number of nitrogens with zero attached hydrogens (tertiary/aromatic N) is 3. The second kappa shape index (κ2) is 8.15. The zero-order chi connectivity index (χ0) is 22.2. The van der Waals surface area contributed by atoms with E-state index < -0.39 is 5.60 Å². The van der Waals surface area contributed by atoms with E-state index in [9.17, 15) is 14.4 Å². The number of ketones is 1. The maximum absolute atomic E-state index is 13.1. The van der Waals surface area contributed by atoms with E-state index in [-0.39, 0.29) is 24.1 Å². The van der Waals surface area contributed by atoms with Gasteiger partial charge in [0.2, 0.25) is 0 Å². The Labute approximate surface area is 182 Å². The summed E-state index contributed by atoms with van der Waals surface area (Å²) in [5.74, 6) is -0.0789. The molecule has 2 aliphatic rings. The van der Waals surface area contributed by atoms with Crippen LogP contribution in [0.3, 0.4) is 0 Å². The van der Waals surface area contributed by atoms with Crippen molar-refractivity contribution in [3.63, 3.8) is 0 Å². The number of anilines is 1. The van der Waals surface area contributed by atoms with Crippen molar-refractivity contribution >= 4 is 23.3 Å². The zero-order valence-electron chi connectivity index (χ0n) is 18.1. The van der Waals surface area contributed by atoms with Crippen LogP contribution in [0.25, 0.3) is 0 Å². The first-order chi connectivity index (χ1) is 14.8. The van der Waals surface area contributed by atoms with Crippen LogP contribution in [0.5, 0.6) is 5.75 Å². The van der Waals surface area contributed by atoms with Crippen molar-refractivity contribution < 1.29 is 19.1 Å². The summed E-state index contributed by atoms with van der Waals surface area (Å²) < 4.78 is 5.91. The van der Waals surface area contributed by atoms with E-state index in [2.05, 4.69) is 4.90 Å². The summed E-state index contributed by atoms with van der Waals surface area (Å²) in [6.45, 7) is 6.21. The van der Waals surface area contributed by atoms with Gasteiger partial charge in [0.15, 0.2) is 11.4 Å². The summed E-state index contributed by atoms with van der Waals surface area (Å²) in [4.78, 5) is 44.5. The molecule has 4 rings (SSSR count). The molecule has 2 aromatic carbocycles. The topological polar surface area (TPSA) is 70.2 Å². The molecule has 2 amide bonds. The average Bonchev–Trinajstić information content (AvgIpc) is 2.77. The van der Waals surface area contributed by atoms with Gasteiger partial charge in [-0.3, -0.25) is 19.3 Å². The zero-order valence-corrected chi connectivity index (χ0v) is 18.1. The molecule has 0 bridgehead atoms. The standard InChI is InChI=1S/C24H27N3O4/c1-24(2)23(30)27(16-20(28)17-7-5-4-6-8-17)19-15-18(9-10-21(19)31-24)22(29)26-13-11-25(3)12-14-26/h4-10,15H,11-14,16H2,1-3H3. The third-order valence-electron chi connectivity index (χ3n) is 5.81. The lowest BCUT2D eigenvalue weighted by molar-refractivity contribution is -0.132. The highest BCUT2D eigenvalue weighted by atomic mass is 16.5. The van der Waals surface area contributed by atoms with E-state index in [0.29, 0.717) is 35.7 Å². The molecule has 0 spiro atoms. The van der Waals surface area contributed by atoms with Crippen molar-refractivity contribution in [1.82, 2.24) is 9.80 Å². The van der Waals surface area contributed by atoms with Gasteiger partial charge in [-0.2, -0.15) is 0 Å². The quantitative estimate of drug-likeness (QED) is 0.710. The Hall–Kier alpha value is -3.19. The van der Waals surface area contributed by atoms with Gasteiger partial charge in [-0.25, -0.2) is 0 Å². The van der Waals surface area contributed by atoms with Gasteiger partial charge in [-0.05, 0) is 39.1 Å². The highest BCUT2D eigenvalue weighted by Crippen LogP contribution is 2.38. The highest BCUT2D eigenvalue weighted by molar-refractivity contribution is 6.10. The Bertz CT molecular complexity index is 1010. The number of hydrogen-bond acceptors (Lipinski definition) is 5. The van der Waals surface area contributed by atoms with Gasteiger partial charge in [-0.15, -0.1) is 0 Å². The fraction of sp³-hybridized carbons (Fsp3) is 0.375. The molecular weight excluding hydrogens is 394 g/mol. The molecule has 7 heteroatoms. The van der Waals surface area contributed by atoms with Crippen LogP contribution >= 0.6 is 0 Å². The van der Waals surface area contributed by atoms with E-state index >= 15 is 0 Å². The molecule has 31 heavy (non-hydrogen) atoms. The van der Waals surface area contributed by atoms with Gasteiger partial charge in [-0.1, -0.05) is 30.3 Å². The van der Waals surface area contributed by atoms with Crippen molar-refractivity contribution in [1.29, 1.82) is 0 Å². The van der Waals surface area contributed by atoms with Crippen LogP contribution in [0, 0.1) is 0 Å². The Morgan fingerprint density at radius 3 is 2.32 bits per heavy atom. The Kier molecular flexibility index (Phi) is 5.54. The first kappa shape index (κ1) is 21.1. The number of hydrogen-bond donors (Lipinski definition) is 0. The van der Waals surface area contributed by atoms with Crippen LogP contribution in [0.2, 0.25) is 0 Å². The molecular formula is C24H27N3O4. The minimum Gasteiger partial charge on any atom is -0.476 e. The second-order valence-corrected chi connectivity index (χ2v) is 8.57. The van der Waals surface area contributed by atoms with Crippen molar-refractivity contribution in [3.05, 3.63) is 59.7 Å². The van der Waals surface area contributed by atoms with Gasteiger partial charge < -0.3 is 14.5 Å². The van der Waals surface area contributed by atoms with E-state index in [1.54, 1.807) is 56.3 Å². The fourth-order valence-electron chi connectivity index (χ4n) is 3.91. The Morgan fingerprint density at radius 1 is 0.968 bits per heavy atom. The number of carbonyl (C=O) groups excluding carboxylic acids is 3. The van der Waals surface area contributed by atoms with E-state index in [1.807, 2.05) is 18.0 Å². The van der Waals surface area contributed by atoms with Crippen LogP contribution in [0.15, 0.2) is 48.5 Å². The molecule has 0 aromatic heterocycles. The van der Waals surface area contributed by atoms with Crippen LogP contribution in [0.1, 0.15) is 34.6 Å². The van der Waals surface area contributed by atoms with Crippen molar-refractivity contribution in [2.24, 2.45) is 0 Å². The van der Waals surface area contributed by atoms with Crippen molar-refractivity contribution in [2.75, 3.05) is 44.7 Å². The molecule has 0 radical (unpaired) electrons. The SMILES string of the molecule is CN1CCN(C(=O)c2ccc3c(c2)N(CC(=O)c2ccccc2)C(=O)C(C)(C)O3)CC1. The number of carbonyl (C=O) groups is 3. The van der Waals surface area contributed by atoms with E-state index in [1.165, 1.54) is 4.90 Å².